The van der Waals surface area contributed by atoms with E-state index in [1.165, 1.54) is 6.33 Å². The van der Waals surface area contributed by atoms with Crippen molar-refractivity contribution in [3.05, 3.63) is 11.9 Å². The van der Waals surface area contributed by atoms with Crippen molar-refractivity contribution in [1.82, 2.24) is 14.9 Å². The highest BCUT2D eigenvalue weighted by atomic mass is 16.2. The average Bonchev–Trinajstić information content (AvgIpc) is 2.31. The van der Waals surface area contributed by atoms with E-state index in [0.29, 0.717) is 6.54 Å². The summed E-state index contributed by atoms with van der Waals surface area (Å²) in [7, 11) is 5.34. The van der Waals surface area contributed by atoms with Crippen molar-refractivity contribution in [3.8, 4) is 0 Å². The summed E-state index contributed by atoms with van der Waals surface area (Å²) in [5.41, 5.74) is 0.952. The van der Waals surface area contributed by atoms with Crippen LogP contribution in [0.15, 0.2) is 6.33 Å². The van der Waals surface area contributed by atoms with Gasteiger partial charge in [0, 0.05) is 33.3 Å². The number of nitrogens with zero attached hydrogens (tertiary/aromatic N) is 4. The summed E-state index contributed by atoms with van der Waals surface area (Å²) in [6.07, 6.45) is 1.51. The van der Waals surface area contributed by atoms with Crippen molar-refractivity contribution in [2.24, 2.45) is 0 Å². The summed E-state index contributed by atoms with van der Waals surface area (Å²) in [6.45, 7) is 5.07. The predicted octanol–water partition coefficient (Wildman–Crippen LogP) is 0.741. The first-order chi connectivity index (χ1) is 8.47. The first-order valence-electron chi connectivity index (χ1n) is 5.94. The molecule has 0 spiro atoms. The topological polar surface area (TPSA) is 61.4 Å². The lowest BCUT2D eigenvalue weighted by Crippen LogP contribution is -2.35. The van der Waals surface area contributed by atoms with Crippen LogP contribution in [0.1, 0.15) is 12.5 Å². The van der Waals surface area contributed by atoms with Crippen molar-refractivity contribution in [2.45, 2.75) is 13.8 Å². The van der Waals surface area contributed by atoms with Crippen LogP contribution in [-0.4, -0.2) is 55.0 Å². The van der Waals surface area contributed by atoms with E-state index in [2.05, 4.69) is 15.3 Å². The number of anilines is 2. The van der Waals surface area contributed by atoms with Gasteiger partial charge in [-0.2, -0.15) is 0 Å². The van der Waals surface area contributed by atoms with Crippen LogP contribution < -0.4 is 10.2 Å². The molecule has 0 bridgehead atoms. The number of likely N-dealkylation sites (N-methyl/N-ethyl adjacent to an activating group) is 2. The molecule has 1 amide bonds. The number of carbonyl (C=O) groups is 1. The summed E-state index contributed by atoms with van der Waals surface area (Å²) < 4.78 is 0. The van der Waals surface area contributed by atoms with Crippen molar-refractivity contribution in [2.75, 3.05) is 44.4 Å². The Morgan fingerprint density at radius 3 is 2.56 bits per heavy atom. The third-order valence-electron chi connectivity index (χ3n) is 2.63. The predicted molar refractivity (Wildman–Crippen MR) is 72.9 cm³/mol. The minimum Gasteiger partial charge on any atom is -0.370 e. The lowest BCUT2D eigenvalue weighted by atomic mass is 10.3. The lowest BCUT2D eigenvalue weighted by molar-refractivity contribution is -0.127. The number of amides is 1. The molecular formula is C12H21N5O. The molecule has 6 nitrogen and oxygen atoms in total. The van der Waals surface area contributed by atoms with Crippen LogP contribution in [0.4, 0.5) is 11.6 Å². The summed E-state index contributed by atoms with van der Waals surface area (Å²) >= 11 is 0. The molecule has 0 aromatic carbocycles. The van der Waals surface area contributed by atoms with Gasteiger partial charge in [-0.25, -0.2) is 9.97 Å². The van der Waals surface area contributed by atoms with E-state index in [1.807, 2.05) is 25.8 Å². The largest absolute Gasteiger partial charge is 0.370 e. The molecule has 0 aliphatic rings. The Bertz CT molecular complexity index is 419. The zero-order valence-corrected chi connectivity index (χ0v) is 11.7. The van der Waals surface area contributed by atoms with Gasteiger partial charge in [0.25, 0.3) is 0 Å². The van der Waals surface area contributed by atoms with E-state index in [0.717, 1.165) is 23.7 Å². The Labute approximate surface area is 108 Å². The number of nitrogens with one attached hydrogen (secondary N) is 1. The Kier molecular flexibility index (Phi) is 4.88. The fourth-order valence-corrected chi connectivity index (χ4v) is 1.59. The Morgan fingerprint density at radius 2 is 2.00 bits per heavy atom. The highest BCUT2D eigenvalue weighted by Gasteiger charge is 2.14. The molecule has 0 saturated carbocycles. The molecule has 1 heterocycles. The molecule has 1 rings (SSSR count). The van der Waals surface area contributed by atoms with Gasteiger partial charge in [-0.15, -0.1) is 0 Å². The normalized spacial score (nSPS) is 10.1. The summed E-state index contributed by atoms with van der Waals surface area (Å²) in [6, 6.07) is 0. The van der Waals surface area contributed by atoms with E-state index in [9.17, 15) is 4.79 Å². The molecular weight excluding hydrogens is 230 g/mol. The zero-order valence-electron chi connectivity index (χ0n) is 11.7. The number of aromatic nitrogens is 2. The number of rotatable bonds is 5. The van der Waals surface area contributed by atoms with Crippen molar-refractivity contribution in [3.63, 3.8) is 0 Å². The molecule has 0 aliphatic carbocycles. The van der Waals surface area contributed by atoms with Crippen LogP contribution >= 0.6 is 0 Å². The smallest absolute Gasteiger partial charge is 0.241 e. The Balaban J connectivity index is 2.88. The van der Waals surface area contributed by atoms with Gasteiger partial charge in [0.15, 0.2) is 0 Å². The molecule has 6 heteroatoms. The molecule has 18 heavy (non-hydrogen) atoms. The number of hydrogen-bond acceptors (Lipinski definition) is 5. The minimum atomic E-state index is 0.0421. The lowest BCUT2D eigenvalue weighted by Gasteiger charge is -2.22. The zero-order chi connectivity index (χ0) is 13.7. The van der Waals surface area contributed by atoms with Gasteiger partial charge in [-0.3, -0.25) is 4.79 Å². The highest BCUT2D eigenvalue weighted by Crippen LogP contribution is 2.20. The first-order valence-corrected chi connectivity index (χ1v) is 5.94. The molecule has 0 saturated heterocycles. The molecule has 100 valence electrons. The molecule has 1 N–H and O–H groups in total. The second-order valence-corrected chi connectivity index (χ2v) is 4.35. The second-order valence-electron chi connectivity index (χ2n) is 4.35. The van der Waals surface area contributed by atoms with Crippen LogP contribution in [0.3, 0.4) is 0 Å². The van der Waals surface area contributed by atoms with E-state index < -0.39 is 0 Å². The standard InChI is InChI=1S/C12H21N5O/c1-6-13-11-9(2)12(15-8-14-11)17(5)7-10(18)16(3)4/h8H,6-7H2,1-5H3,(H,13,14,15). The van der Waals surface area contributed by atoms with Gasteiger partial charge in [0.2, 0.25) is 5.91 Å². The van der Waals surface area contributed by atoms with E-state index in [-0.39, 0.29) is 5.91 Å². The Hall–Kier alpha value is -1.85. The number of carbonyl (C=O) groups excluding carboxylic acids is 1. The summed E-state index contributed by atoms with van der Waals surface area (Å²) in [5, 5.41) is 3.17. The summed E-state index contributed by atoms with van der Waals surface area (Å²) in [5.74, 6) is 1.63. The monoisotopic (exact) mass is 251 g/mol. The minimum absolute atomic E-state index is 0.0421. The third kappa shape index (κ3) is 3.32. The molecule has 0 unspecified atom stereocenters. The van der Waals surface area contributed by atoms with Crippen LogP contribution in [0.5, 0.6) is 0 Å². The van der Waals surface area contributed by atoms with Crippen molar-refractivity contribution < 1.29 is 4.79 Å². The number of hydrogen-bond donors (Lipinski definition) is 1. The fourth-order valence-electron chi connectivity index (χ4n) is 1.59. The second kappa shape index (κ2) is 6.18. The van der Waals surface area contributed by atoms with Crippen LogP contribution in [0.25, 0.3) is 0 Å². The quantitative estimate of drug-likeness (QED) is 0.836. The Morgan fingerprint density at radius 1 is 1.33 bits per heavy atom. The highest BCUT2D eigenvalue weighted by molar-refractivity contribution is 5.81. The van der Waals surface area contributed by atoms with Crippen LogP contribution in [0, 0.1) is 6.92 Å². The molecule has 1 aromatic heterocycles. The van der Waals surface area contributed by atoms with Gasteiger partial charge in [-0.1, -0.05) is 0 Å². The van der Waals surface area contributed by atoms with Gasteiger partial charge < -0.3 is 15.1 Å². The van der Waals surface area contributed by atoms with E-state index >= 15 is 0 Å². The maximum atomic E-state index is 11.7. The molecule has 0 radical (unpaired) electrons. The molecule has 1 aromatic rings. The van der Waals surface area contributed by atoms with Crippen molar-refractivity contribution in [1.29, 1.82) is 0 Å². The maximum absolute atomic E-state index is 11.7. The average molecular weight is 251 g/mol. The van der Waals surface area contributed by atoms with Crippen LogP contribution in [0.2, 0.25) is 0 Å². The molecule has 0 aliphatic heterocycles. The fraction of sp³-hybridized carbons (Fsp3) is 0.583. The van der Waals surface area contributed by atoms with Gasteiger partial charge in [0.1, 0.15) is 18.0 Å². The van der Waals surface area contributed by atoms with Crippen LogP contribution in [-0.2, 0) is 4.79 Å². The SMILES string of the molecule is CCNc1ncnc(N(C)CC(=O)N(C)C)c1C. The summed E-state index contributed by atoms with van der Waals surface area (Å²) in [4.78, 5) is 23.5. The van der Waals surface area contributed by atoms with E-state index in [4.69, 9.17) is 0 Å². The maximum Gasteiger partial charge on any atom is 0.241 e. The van der Waals surface area contributed by atoms with Crippen molar-refractivity contribution >= 4 is 17.5 Å². The molecule has 0 atom stereocenters. The first kappa shape index (κ1) is 14.2. The third-order valence-corrected chi connectivity index (χ3v) is 2.63. The molecule has 0 fully saturated rings. The van der Waals surface area contributed by atoms with Gasteiger partial charge in [-0.05, 0) is 13.8 Å². The van der Waals surface area contributed by atoms with Gasteiger partial charge in [0.05, 0.1) is 6.54 Å². The van der Waals surface area contributed by atoms with E-state index in [1.54, 1.807) is 19.0 Å². The van der Waals surface area contributed by atoms with Gasteiger partial charge >= 0.3 is 0 Å².